The third-order valence-electron chi connectivity index (χ3n) is 6.84. The van der Waals surface area contributed by atoms with Crippen LogP contribution < -0.4 is 5.32 Å². The van der Waals surface area contributed by atoms with Gasteiger partial charge in [0, 0.05) is 19.0 Å². The predicted octanol–water partition coefficient (Wildman–Crippen LogP) is 5.42. The first-order chi connectivity index (χ1) is 16.8. The van der Waals surface area contributed by atoms with Gasteiger partial charge in [0.25, 0.3) is 0 Å². The number of hydrogen-bond acceptors (Lipinski definition) is 3. The van der Waals surface area contributed by atoms with Gasteiger partial charge < -0.3 is 5.32 Å². The molecule has 35 heavy (non-hydrogen) atoms. The normalized spacial score (nSPS) is 16.2. The van der Waals surface area contributed by atoms with Crippen LogP contribution in [0.25, 0.3) is 0 Å². The van der Waals surface area contributed by atoms with E-state index in [9.17, 15) is 13.2 Å². The van der Waals surface area contributed by atoms with E-state index in [1.807, 2.05) is 61.5 Å². The summed E-state index contributed by atoms with van der Waals surface area (Å²) < 4.78 is 27.8. The molecule has 184 valence electrons. The maximum absolute atomic E-state index is 13.3. The lowest BCUT2D eigenvalue weighted by Crippen LogP contribution is -2.43. The maximum Gasteiger partial charge on any atom is 0.243 e. The van der Waals surface area contributed by atoms with Gasteiger partial charge in [-0.05, 0) is 54.5 Å². The lowest BCUT2D eigenvalue weighted by molar-refractivity contribution is -0.126. The standard InChI is InChI=1S/C29H34N2O3S/c1-21(2)23-13-15-27(16-14-23)35(33,34)31-19-17-26(18-20-31)29(32)30-28(24-7-5-4-6-8-24)25-11-9-22(3)10-12-25/h4-16,21,26,28H,17-20H2,1-3H3,(H,30,32). The summed E-state index contributed by atoms with van der Waals surface area (Å²) in [5.74, 6) is 0.0971. The Balaban J connectivity index is 1.43. The number of nitrogens with one attached hydrogen (secondary N) is 1. The van der Waals surface area contributed by atoms with Gasteiger partial charge in [-0.1, -0.05) is 86.1 Å². The summed E-state index contributed by atoms with van der Waals surface area (Å²) in [7, 11) is -3.57. The Morgan fingerprint density at radius 1 is 0.829 bits per heavy atom. The minimum absolute atomic E-state index is 0.0298. The molecule has 0 spiro atoms. The molecule has 6 heteroatoms. The Kier molecular flexibility index (Phi) is 7.72. The van der Waals surface area contributed by atoms with Crippen molar-refractivity contribution in [2.45, 2.75) is 50.5 Å². The average Bonchev–Trinajstić information content (AvgIpc) is 2.88. The molecule has 5 nitrogen and oxygen atoms in total. The van der Waals surface area contributed by atoms with E-state index in [1.165, 1.54) is 9.87 Å². The Morgan fingerprint density at radius 3 is 1.94 bits per heavy atom. The van der Waals surface area contributed by atoms with E-state index in [1.54, 1.807) is 12.1 Å². The Morgan fingerprint density at radius 2 is 1.37 bits per heavy atom. The molecule has 0 bridgehead atoms. The van der Waals surface area contributed by atoms with Crippen molar-refractivity contribution in [3.05, 3.63) is 101 Å². The molecule has 1 fully saturated rings. The quantitative estimate of drug-likeness (QED) is 0.481. The summed E-state index contributed by atoms with van der Waals surface area (Å²) in [5, 5.41) is 3.23. The Labute approximate surface area is 209 Å². The van der Waals surface area contributed by atoms with E-state index < -0.39 is 10.0 Å². The first-order valence-corrected chi connectivity index (χ1v) is 13.7. The molecule has 1 amide bonds. The van der Waals surface area contributed by atoms with Crippen LogP contribution in [0.15, 0.2) is 83.8 Å². The van der Waals surface area contributed by atoms with Crippen molar-refractivity contribution in [1.29, 1.82) is 0 Å². The number of rotatable bonds is 7. The number of carbonyl (C=O) groups excluding carboxylic acids is 1. The smallest absolute Gasteiger partial charge is 0.243 e. The number of aryl methyl sites for hydroxylation is 1. The van der Waals surface area contributed by atoms with Crippen molar-refractivity contribution < 1.29 is 13.2 Å². The molecule has 0 aliphatic carbocycles. The molecule has 1 aliphatic rings. The van der Waals surface area contributed by atoms with Gasteiger partial charge in [0.05, 0.1) is 10.9 Å². The Hall–Kier alpha value is -2.96. The van der Waals surface area contributed by atoms with E-state index in [0.717, 1.165) is 16.7 Å². The van der Waals surface area contributed by atoms with Crippen LogP contribution >= 0.6 is 0 Å². The van der Waals surface area contributed by atoms with Gasteiger partial charge in [-0.15, -0.1) is 0 Å². The number of piperidine rings is 1. The summed E-state index contributed by atoms with van der Waals surface area (Å²) in [5.41, 5.74) is 4.33. The van der Waals surface area contributed by atoms with Crippen LogP contribution in [0.3, 0.4) is 0 Å². The largest absolute Gasteiger partial charge is 0.345 e. The summed E-state index contributed by atoms with van der Waals surface area (Å²) in [4.78, 5) is 13.6. The fourth-order valence-corrected chi connectivity index (χ4v) is 6.03. The predicted molar refractivity (Wildman–Crippen MR) is 140 cm³/mol. The molecule has 1 N–H and O–H groups in total. The molecule has 1 unspecified atom stereocenters. The molecule has 3 aromatic carbocycles. The highest BCUT2D eigenvalue weighted by Crippen LogP contribution is 2.28. The fourth-order valence-electron chi connectivity index (χ4n) is 4.56. The molecule has 0 saturated carbocycles. The van der Waals surface area contributed by atoms with Crippen LogP contribution in [-0.4, -0.2) is 31.7 Å². The van der Waals surface area contributed by atoms with Crippen molar-refractivity contribution in [3.8, 4) is 0 Å². The van der Waals surface area contributed by atoms with Gasteiger partial charge >= 0.3 is 0 Å². The summed E-state index contributed by atoms with van der Waals surface area (Å²) in [6, 6.07) is 25.0. The van der Waals surface area contributed by atoms with Crippen LogP contribution in [0.1, 0.15) is 60.9 Å². The number of carbonyl (C=O) groups is 1. The third-order valence-corrected chi connectivity index (χ3v) is 8.75. The van der Waals surface area contributed by atoms with Gasteiger partial charge in [-0.2, -0.15) is 4.31 Å². The van der Waals surface area contributed by atoms with Gasteiger partial charge in [0.2, 0.25) is 15.9 Å². The van der Waals surface area contributed by atoms with Crippen molar-refractivity contribution in [2.24, 2.45) is 5.92 Å². The third kappa shape index (κ3) is 5.82. The second kappa shape index (κ2) is 10.8. The fraction of sp³-hybridized carbons (Fsp3) is 0.345. The van der Waals surface area contributed by atoms with E-state index in [2.05, 4.69) is 31.3 Å². The average molecular weight is 491 g/mol. The van der Waals surface area contributed by atoms with Crippen LogP contribution in [0.5, 0.6) is 0 Å². The second-order valence-electron chi connectivity index (χ2n) is 9.67. The second-order valence-corrected chi connectivity index (χ2v) is 11.6. The van der Waals surface area contributed by atoms with Crippen LogP contribution in [0.2, 0.25) is 0 Å². The highest BCUT2D eigenvalue weighted by molar-refractivity contribution is 7.89. The van der Waals surface area contributed by atoms with Crippen molar-refractivity contribution in [3.63, 3.8) is 0 Å². The van der Waals surface area contributed by atoms with Gasteiger partial charge in [0.15, 0.2) is 0 Å². The number of hydrogen-bond donors (Lipinski definition) is 1. The minimum Gasteiger partial charge on any atom is -0.345 e. The minimum atomic E-state index is -3.57. The van der Waals surface area contributed by atoms with E-state index >= 15 is 0 Å². The molecule has 3 aromatic rings. The molecular formula is C29H34N2O3S. The zero-order chi connectivity index (χ0) is 25.0. The van der Waals surface area contributed by atoms with Crippen LogP contribution in [0.4, 0.5) is 0 Å². The number of nitrogens with zero attached hydrogens (tertiary/aromatic N) is 1. The van der Waals surface area contributed by atoms with E-state index in [4.69, 9.17) is 0 Å². The lowest BCUT2D eigenvalue weighted by Gasteiger charge is -2.31. The number of benzene rings is 3. The first-order valence-electron chi connectivity index (χ1n) is 12.3. The van der Waals surface area contributed by atoms with Crippen LogP contribution in [-0.2, 0) is 14.8 Å². The number of amides is 1. The monoisotopic (exact) mass is 490 g/mol. The zero-order valence-electron chi connectivity index (χ0n) is 20.6. The SMILES string of the molecule is Cc1ccc(C(NC(=O)C2CCN(S(=O)(=O)c3ccc(C(C)C)cc3)CC2)c2ccccc2)cc1. The maximum atomic E-state index is 13.3. The van der Waals surface area contributed by atoms with Gasteiger partial charge in [0.1, 0.15) is 0 Å². The molecule has 1 saturated heterocycles. The Bertz CT molecular complexity index is 1230. The highest BCUT2D eigenvalue weighted by atomic mass is 32.2. The number of sulfonamides is 1. The van der Waals surface area contributed by atoms with E-state index in [-0.39, 0.29) is 17.9 Å². The first kappa shape index (κ1) is 25.1. The molecule has 0 radical (unpaired) electrons. The highest BCUT2D eigenvalue weighted by Gasteiger charge is 2.33. The van der Waals surface area contributed by atoms with Crippen molar-refractivity contribution in [1.82, 2.24) is 9.62 Å². The molecule has 1 atom stereocenters. The summed E-state index contributed by atoms with van der Waals surface area (Å²) >= 11 is 0. The van der Waals surface area contributed by atoms with Crippen molar-refractivity contribution in [2.75, 3.05) is 13.1 Å². The van der Waals surface area contributed by atoms with Crippen molar-refractivity contribution >= 4 is 15.9 Å². The van der Waals surface area contributed by atoms with Gasteiger partial charge in [-0.3, -0.25) is 4.79 Å². The lowest BCUT2D eigenvalue weighted by atomic mass is 9.94. The molecule has 1 heterocycles. The van der Waals surface area contributed by atoms with Gasteiger partial charge in [-0.25, -0.2) is 8.42 Å². The molecule has 1 aliphatic heterocycles. The topological polar surface area (TPSA) is 66.5 Å². The van der Waals surface area contributed by atoms with E-state index in [0.29, 0.717) is 36.7 Å². The van der Waals surface area contributed by atoms with Crippen LogP contribution in [0, 0.1) is 12.8 Å². The molecule has 0 aromatic heterocycles. The zero-order valence-corrected chi connectivity index (χ0v) is 21.5. The molecular weight excluding hydrogens is 456 g/mol. The summed E-state index contributed by atoms with van der Waals surface area (Å²) in [6.45, 7) is 6.89. The molecule has 4 rings (SSSR count). The summed E-state index contributed by atoms with van der Waals surface area (Å²) in [6.07, 6.45) is 1.01.